The van der Waals surface area contributed by atoms with Gasteiger partial charge in [-0.05, 0) is 98.8 Å². The molecule has 0 radical (unpaired) electrons. The van der Waals surface area contributed by atoms with Gasteiger partial charge < -0.3 is 9.13 Å². The van der Waals surface area contributed by atoms with Crippen LogP contribution in [0, 0.1) is 0 Å². The molecule has 0 amide bonds. The van der Waals surface area contributed by atoms with Crippen molar-refractivity contribution in [2.45, 2.75) is 0 Å². The van der Waals surface area contributed by atoms with Crippen molar-refractivity contribution in [3.8, 4) is 44.8 Å². The number of hydrogen-bond acceptors (Lipinski definition) is 0. The summed E-state index contributed by atoms with van der Waals surface area (Å²) in [6.45, 7) is 0. The van der Waals surface area contributed by atoms with Crippen LogP contribution < -0.4 is 0 Å². The molecule has 2 aromatic heterocycles. The van der Waals surface area contributed by atoms with Crippen molar-refractivity contribution >= 4 is 54.4 Å². The summed E-state index contributed by atoms with van der Waals surface area (Å²) < 4.78 is 4.80. The quantitative estimate of drug-likeness (QED) is 0.171. The van der Waals surface area contributed by atoms with Crippen molar-refractivity contribution in [3.63, 3.8) is 0 Å². The highest BCUT2D eigenvalue weighted by Crippen LogP contribution is 2.38. The van der Waals surface area contributed by atoms with E-state index in [9.17, 15) is 0 Å². The molecule has 0 aliphatic rings. The predicted molar refractivity (Wildman–Crippen MR) is 229 cm³/mol. The molecule has 11 aromatic rings. The summed E-state index contributed by atoms with van der Waals surface area (Å²) in [5, 5.41) is 7.54. The van der Waals surface area contributed by atoms with Crippen LogP contribution in [0.1, 0.15) is 0 Å². The fourth-order valence-electron chi connectivity index (χ4n) is 8.46. The van der Waals surface area contributed by atoms with Crippen LogP contribution in [0.4, 0.5) is 0 Å². The molecule has 0 N–H and O–H groups in total. The summed E-state index contributed by atoms with van der Waals surface area (Å²) in [6.07, 6.45) is 0. The van der Waals surface area contributed by atoms with E-state index in [0.717, 1.165) is 5.69 Å². The maximum absolute atomic E-state index is 2.40. The van der Waals surface area contributed by atoms with Crippen molar-refractivity contribution < 1.29 is 0 Å². The van der Waals surface area contributed by atoms with Gasteiger partial charge in [0.15, 0.2) is 0 Å². The van der Waals surface area contributed by atoms with Crippen LogP contribution in [-0.4, -0.2) is 9.13 Å². The van der Waals surface area contributed by atoms with Gasteiger partial charge in [-0.25, -0.2) is 0 Å². The van der Waals surface area contributed by atoms with Gasteiger partial charge in [-0.3, -0.25) is 0 Å². The van der Waals surface area contributed by atoms with Gasteiger partial charge >= 0.3 is 0 Å². The largest absolute Gasteiger partial charge is 0.309 e. The molecule has 0 saturated carbocycles. The molecule has 9 aromatic carbocycles. The van der Waals surface area contributed by atoms with Gasteiger partial charge in [-0.15, -0.1) is 0 Å². The Morgan fingerprint density at radius 1 is 0.222 bits per heavy atom. The molecule has 252 valence electrons. The molecule has 2 heterocycles. The number of nitrogens with zero attached hydrogens (tertiary/aromatic N) is 2. The summed E-state index contributed by atoms with van der Waals surface area (Å²) in [5.74, 6) is 0. The van der Waals surface area contributed by atoms with Crippen LogP contribution in [0.15, 0.2) is 206 Å². The minimum Gasteiger partial charge on any atom is -0.309 e. The molecule has 2 nitrogen and oxygen atoms in total. The van der Waals surface area contributed by atoms with Gasteiger partial charge in [0.25, 0.3) is 0 Å². The fourth-order valence-corrected chi connectivity index (χ4v) is 8.46. The highest BCUT2D eigenvalue weighted by Gasteiger charge is 2.16. The summed E-state index contributed by atoms with van der Waals surface area (Å²) in [6, 6.07) is 75.2. The fraction of sp³-hybridized carbons (Fsp3) is 0. The van der Waals surface area contributed by atoms with Crippen LogP contribution in [0.5, 0.6) is 0 Å². The Labute approximate surface area is 313 Å². The van der Waals surface area contributed by atoms with E-state index in [2.05, 4.69) is 215 Å². The Bertz CT molecular complexity index is 3180. The molecule has 0 saturated heterocycles. The maximum Gasteiger partial charge on any atom is 0.0547 e. The SMILES string of the molecule is c1ccc(-c2ccc(-n3c4ccccc4c4ccc(-c5ccc(-c6ccc7c(c6)c6ccccc6n7-c6ccc7ccccc7c6)cc5)cc43)cc2)cc1. The van der Waals surface area contributed by atoms with Gasteiger partial charge in [0.1, 0.15) is 0 Å². The lowest BCUT2D eigenvalue weighted by Crippen LogP contribution is -1.94. The first kappa shape index (κ1) is 30.5. The lowest BCUT2D eigenvalue weighted by molar-refractivity contribution is 1.18. The number of aromatic nitrogens is 2. The van der Waals surface area contributed by atoms with Gasteiger partial charge in [0.2, 0.25) is 0 Å². The van der Waals surface area contributed by atoms with E-state index < -0.39 is 0 Å². The molecule has 11 rings (SSSR count). The Hall–Kier alpha value is -7.16. The first-order valence-corrected chi connectivity index (χ1v) is 18.6. The summed E-state index contributed by atoms with van der Waals surface area (Å²) >= 11 is 0. The van der Waals surface area contributed by atoms with E-state index in [4.69, 9.17) is 0 Å². The second-order valence-electron chi connectivity index (χ2n) is 14.2. The van der Waals surface area contributed by atoms with Gasteiger partial charge in [0.05, 0.1) is 22.1 Å². The molecule has 0 aliphatic heterocycles. The maximum atomic E-state index is 2.40. The Balaban J connectivity index is 0.974. The standard InChI is InChI=1S/C52H34N2/c1-2-10-35(11-3-1)37-22-27-43(28-23-37)53-49-16-8-6-14-45(49)47-30-25-42(34-52(47)53)39-20-18-38(19-21-39)41-26-31-51-48(33-41)46-15-7-9-17-50(46)54(51)44-29-24-36-12-4-5-13-40(36)32-44/h1-34H. The molecule has 0 fully saturated rings. The summed E-state index contributed by atoms with van der Waals surface area (Å²) in [5.41, 5.74) is 14.5. The van der Waals surface area contributed by atoms with E-state index >= 15 is 0 Å². The molecule has 54 heavy (non-hydrogen) atoms. The lowest BCUT2D eigenvalue weighted by Gasteiger charge is -2.11. The van der Waals surface area contributed by atoms with Crippen molar-refractivity contribution in [3.05, 3.63) is 206 Å². The first-order chi connectivity index (χ1) is 26.8. The Morgan fingerprint density at radius 2 is 0.685 bits per heavy atom. The van der Waals surface area contributed by atoms with Crippen molar-refractivity contribution in [2.24, 2.45) is 0 Å². The number of fused-ring (bicyclic) bond motifs is 7. The third kappa shape index (κ3) is 4.88. The second-order valence-corrected chi connectivity index (χ2v) is 14.2. The van der Waals surface area contributed by atoms with E-state index in [1.807, 2.05) is 0 Å². The summed E-state index contributed by atoms with van der Waals surface area (Å²) in [4.78, 5) is 0. The zero-order chi connectivity index (χ0) is 35.6. The average molecular weight is 687 g/mol. The number of rotatable bonds is 5. The van der Waals surface area contributed by atoms with E-state index in [1.165, 1.54) is 93.5 Å². The van der Waals surface area contributed by atoms with Crippen molar-refractivity contribution in [1.29, 1.82) is 0 Å². The number of hydrogen-bond donors (Lipinski definition) is 0. The highest BCUT2D eigenvalue weighted by molar-refractivity contribution is 6.11. The minimum atomic E-state index is 1.16. The van der Waals surface area contributed by atoms with Crippen molar-refractivity contribution in [2.75, 3.05) is 0 Å². The number of para-hydroxylation sites is 2. The smallest absolute Gasteiger partial charge is 0.0547 e. The molecular weight excluding hydrogens is 653 g/mol. The normalized spacial score (nSPS) is 11.7. The average Bonchev–Trinajstić information content (AvgIpc) is 3.76. The zero-order valence-electron chi connectivity index (χ0n) is 29.5. The summed E-state index contributed by atoms with van der Waals surface area (Å²) in [7, 11) is 0. The van der Waals surface area contributed by atoms with Crippen LogP contribution in [-0.2, 0) is 0 Å². The van der Waals surface area contributed by atoms with Crippen LogP contribution in [0.2, 0.25) is 0 Å². The topological polar surface area (TPSA) is 9.86 Å². The first-order valence-electron chi connectivity index (χ1n) is 18.6. The lowest BCUT2D eigenvalue weighted by atomic mass is 9.98. The van der Waals surface area contributed by atoms with E-state index in [1.54, 1.807) is 0 Å². The number of benzene rings is 9. The second kappa shape index (κ2) is 12.2. The van der Waals surface area contributed by atoms with Gasteiger partial charge in [-0.1, -0.05) is 152 Å². The predicted octanol–water partition coefficient (Wildman–Crippen LogP) is 14.0. The third-order valence-corrected chi connectivity index (χ3v) is 11.1. The van der Waals surface area contributed by atoms with Crippen LogP contribution >= 0.6 is 0 Å². The Morgan fingerprint density at radius 3 is 1.43 bits per heavy atom. The molecule has 2 heteroatoms. The van der Waals surface area contributed by atoms with Gasteiger partial charge in [0, 0.05) is 32.9 Å². The van der Waals surface area contributed by atoms with E-state index in [0.29, 0.717) is 0 Å². The van der Waals surface area contributed by atoms with Crippen molar-refractivity contribution in [1.82, 2.24) is 9.13 Å². The molecule has 0 spiro atoms. The Kier molecular flexibility index (Phi) is 6.90. The third-order valence-electron chi connectivity index (χ3n) is 11.1. The molecular formula is C52H34N2. The van der Waals surface area contributed by atoms with E-state index in [-0.39, 0.29) is 0 Å². The zero-order valence-corrected chi connectivity index (χ0v) is 29.5. The van der Waals surface area contributed by atoms with Gasteiger partial charge in [-0.2, -0.15) is 0 Å². The molecule has 0 unspecified atom stereocenters. The monoisotopic (exact) mass is 686 g/mol. The molecule has 0 aliphatic carbocycles. The van der Waals surface area contributed by atoms with Crippen LogP contribution in [0.25, 0.3) is 99.1 Å². The minimum absolute atomic E-state index is 1.16. The highest BCUT2D eigenvalue weighted by atomic mass is 15.0. The van der Waals surface area contributed by atoms with Crippen LogP contribution in [0.3, 0.4) is 0 Å². The molecule has 0 atom stereocenters. The molecule has 0 bridgehead atoms.